The van der Waals surface area contributed by atoms with Crippen LogP contribution >= 0.6 is 0 Å². The largest absolute Gasteiger partial charge is 0.462 e. The van der Waals surface area contributed by atoms with E-state index in [1.807, 2.05) is 0 Å². The van der Waals surface area contributed by atoms with Crippen LogP contribution in [0.2, 0.25) is 0 Å². The summed E-state index contributed by atoms with van der Waals surface area (Å²) in [6.45, 7) is 4.58. The van der Waals surface area contributed by atoms with Gasteiger partial charge in [-0.2, -0.15) is 0 Å². The number of hydrogen-bond donors (Lipinski definition) is 0. The number of hydrogen-bond acceptors (Lipinski definition) is 4. The molecule has 0 aromatic carbocycles. The number of rotatable bonds is 8. The van der Waals surface area contributed by atoms with Crippen molar-refractivity contribution in [3.05, 3.63) is 0 Å². The van der Waals surface area contributed by atoms with Gasteiger partial charge in [0.2, 0.25) is 0 Å². The maximum absolute atomic E-state index is 12.5. The summed E-state index contributed by atoms with van der Waals surface area (Å²) in [6.07, 6.45) is 5.56. The fourth-order valence-corrected chi connectivity index (χ4v) is 4.72. The lowest BCUT2D eigenvalue weighted by molar-refractivity contribution is -0.890. The molecule has 3 fully saturated rings. The number of nitrogens with zero attached hydrogens (tertiary/aromatic N) is 1. The first kappa shape index (κ1) is 16.7. The molecule has 1 aliphatic heterocycles. The van der Waals surface area contributed by atoms with Crippen LogP contribution in [0.5, 0.6) is 0 Å². The third kappa shape index (κ3) is 3.25. The monoisotopic (exact) mass is 324 g/mol. The normalized spacial score (nSPS) is 34.7. The number of unbranched alkanes of at least 4 members (excludes halogenated alkanes) is 2. The second kappa shape index (κ2) is 6.42. The van der Waals surface area contributed by atoms with Gasteiger partial charge in [-0.15, -0.1) is 0 Å². The molecule has 2 bridgehead atoms. The van der Waals surface area contributed by atoms with Gasteiger partial charge >= 0.3 is 11.9 Å². The zero-order chi connectivity index (χ0) is 16.6. The van der Waals surface area contributed by atoms with Crippen molar-refractivity contribution in [3.8, 4) is 0 Å². The lowest BCUT2D eigenvalue weighted by Crippen LogP contribution is -2.44. The molecular formula is C18H30NO4+. The van der Waals surface area contributed by atoms with Crippen molar-refractivity contribution in [1.82, 2.24) is 0 Å². The van der Waals surface area contributed by atoms with Gasteiger partial charge in [-0.05, 0) is 31.6 Å². The minimum absolute atomic E-state index is 0.0794. The predicted octanol–water partition coefficient (Wildman–Crippen LogP) is 1.99. The Hall–Kier alpha value is -1.10. The Labute approximate surface area is 138 Å². The summed E-state index contributed by atoms with van der Waals surface area (Å²) in [5.41, 5.74) is 0. The highest BCUT2D eigenvalue weighted by Gasteiger charge is 2.64. The molecule has 0 aromatic heterocycles. The summed E-state index contributed by atoms with van der Waals surface area (Å²) >= 11 is 0. The van der Waals surface area contributed by atoms with Crippen molar-refractivity contribution in [3.63, 3.8) is 0 Å². The summed E-state index contributed by atoms with van der Waals surface area (Å²) in [5.74, 6) is -0.251. The van der Waals surface area contributed by atoms with E-state index in [4.69, 9.17) is 9.47 Å². The summed E-state index contributed by atoms with van der Waals surface area (Å²) in [6, 6.07) is 0. The first-order valence-corrected chi connectivity index (χ1v) is 9.12. The SMILES string of the molecule is CCCCC[N+](C)(C)CCOC(=O)[C@H]1[C@@H]2C[C@@H]3[C@@H]1C(=O)O[C@@H]3C2. The van der Waals surface area contributed by atoms with Crippen LogP contribution in [0.4, 0.5) is 0 Å². The Morgan fingerprint density at radius 1 is 1.26 bits per heavy atom. The van der Waals surface area contributed by atoms with E-state index in [-0.39, 0.29) is 35.8 Å². The van der Waals surface area contributed by atoms with Gasteiger partial charge in [0.05, 0.1) is 32.5 Å². The number of carbonyl (C=O) groups is 2. The first-order valence-electron chi connectivity index (χ1n) is 9.12. The molecule has 3 rings (SSSR count). The number of carbonyl (C=O) groups excluding carboxylic acids is 2. The van der Waals surface area contributed by atoms with Gasteiger partial charge in [0, 0.05) is 5.92 Å². The van der Waals surface area contributed by atoms with Crippen LogP contribution in [-0.4, -0.2) is 56.3 Å². The highest BCUT2D eigenvalue weighted by atomic mass is 16.6. The van der Waals surface area contributed by atoms with Crippen molar-refractivity contribution in [2.24, 2.45) is 23.7 Å². The lowest BCUT2D eigenvalue weighted by Gasteiger charge is -2.30. The van der Waals surface area contributed by atoms with E-state index in [2.05, 4.69) is 21.0 Å². The van der Waals surface area contributed by atoms with Crippen LogP contribution in [0, 0.1) is 23.7 Å². The van der Waals surface area contributed by atoms with Gasteiger partial charge in [-0.3, -0.25) is 9.59 Å². The Kier molecular flexibility index (Phi) is 4.68. The Balaban J connectivity index is 1.46. The molecule has 0 radical (unpaired) electrons. The lowest BCUT2D eigenvalue weighted by atomic mass is 9.80. The topological polar surface area (TPSA) is 52.6 Å². The van der Waals surface area contributed by atoms with Crippen LogP contribution < -0.4 is 0 Å². The molecule has 0 spiro atoms. The van der Waals surface area contributed by atoms with E-state index < -0.39 is 0 Å². The third-order valence-electron chi connectivity index (χ3n) is 6.06. The van der Waals surface area contributed by atoms with Crippen LogP contribution in [-0.2, 0) is 19.1 Å². The number of quaternary nitrogens is 1. The molecule has 1 heterocycles. The van der Waals surface area contributed by atoms with Crippen LogP contribution in [0.25, 0.3) is 0 Å². The third-order valence-corrected chi connectivity index (χ3v) is 6.06. The van der Waals surface area contributed by atoms with E-state index in [1.165, 1.54) is 19.3 Å². The van der Waals surface area contributed by atoms with Crippen molar-refractivity contribution in [2.75, 3.05) is 33.8 Å². The van der Waals surface area contributed by atoms with Crippen molar-refractivity contribution in [1.29, 1.82) is 0 Å². The van der Waals surface area contributed by atoms with Crippen LogP contribution in [0.15, 0.2) is 0 Å². The molecule has 23 heavy (non-hydrogen) atoms. The summed E-state index contributed by atoms with van der Waals surface area (Å²) in [5, 5.41) is 0. The Morgan fingerprint density at radius 2 is 2.04 bits per heavy atom. The fourth-order valence-electron chi connectivity index (χ4n) is 4.72. The quantitative estimate of drug-likeness (QED) is 0.389. The van der Waals surface area contributed by atoms with Gasteiger partial charge < -0.3 is 14.0 Å². The molecule has 5 atom stereocenters. The second-order valence-electron chi connectivity index (χ2n) is 8.18. The molecule has 3 aliphatic rings. The highest BCUT2D eigenvalue weighted by molar-refractivity contribution is 5.85. The average Bonchev–Trinajstić information content (AvgIpc) is 3.08. The minimum atomic E-state index is -0.248. The summed E-state index contributed by atoms with van der Waals surface area (Å²) in [7, 11) is 4.36. The molecular weight excluding hydrogens is 294 g/mol. The molecule has 130 valence electrons. The molecule has 5 heteroatoms. The maximum atomic E-state index is 12.5. The van der Waals surface area contributed by atoms with E-state index >= 15 is 0 Å². The molecule has 0 N–H and O–H groups in total. The van der Waals surface area contributed by atoms with Crippen molar-refractivity contribution < 1.29 is 23.5 Å². The number of esters is 2. The van der Waals surface area contributed by atoms with Crippen molar-refractivity contribution >= 4 is 11.9 Å². The first-order chi connectivity index (χ1) is 10.9. The standard InChI is InChI=1S/C18H30NO4/c1-4-5-6-7-19(2,3)8-9-22-17(20)15-12-10-13-14(11-12)23-18(21)16(13)15/h12-16H,4-11H2,1-3H3/q+1/t12-,13+,14-,15+,16+/m1/s1. The molecule has 0 aromatic rings. The second-order valence-corrected chi connectivity index (χ2v) is 8.18. The molecule has 1 saturated heterocycles. The average molecular weight is 324 g/mol. The van der Waals surface area contributed by atoms with E-state index in [9.17, 15) is 9.59 Å². The number of likely N-dealkylation sites (N-methyl/N-ethyl adjacent to an activating group) is 1. The smallest absolute Gasteiger partial charge is 0.310 e. The van der Waals surface area contributed by atoms with E-state index in [0.29, 0.717) is 12.5 Å². The van der Waals surface area contributed by atoms with E-state index in [0.717, 1.165) is 30.4 Å². The van der Waals surface area contributed by atoms with Gasteiger partial charge in [-0.25, -0.2) is 0 Å². The Morgan fingerprint density at radius 3 is 2.78 bits per heavy atom. The molecule has 2 saturated carbocycles. The molecule has 5 nitrogen and oxygen atoms in total. The van der Waals surface area contributed by atoms with Crippen LogP contribution in [0.3, 0.4) is 0 Å². The maximum Gasteiger partial charge on any atom is 0.310 e. The molecule has 0 amide bonds. The minimum Gasteiger partial charge on any atom is -0.462 e. The predicted molar refractivity (Wildman–Crippen MR) is 85.4 cm³/mol. The van der Waals surface area contributed by atoms with Crippen LogP contribution in [0.1, 0.15) is 39.0 Å². The zero-order valence-electron chi connectivity index (χ0n) is 14.6. The molecule has 0 unspecified atom stereocenters. The van der Waals surface area contributed by atoms with Gasteiger partial charge in [-0.1, -0.05) is 13.3 Å². The summed E-state index contributed by atoms with van der Waals surface area (Å²) in [4.78, 5) is 24.4. The highest BCUT2D eigenvalue weighted by Crippen LogP contribution is 2.57. The Bertz CT molecular complexity index is 474. The number of ether oxygens (including phenoxy) is 2. The number of fused-ring (bicyclic) bond motifs is 1. The molecule has 2 aliphatic carbocycles. The van der Waals surface area contributed by atoms with Gasteiger partial charge in [0.1, 0.15) is 19.3 Å². The van der Waals surface area contributed by atoms with E-state index in [1.54, 1.807) is 0 Å². The zero-order valence-corrected chi connectivity index (χ0v) is 14.6. The van der Waals surface area contributed by atoms with Gasteiger partial charge in [0.25, 0.3) is 0 Å². The fraction of sp³-hybridized carbons (Fsp3) is 0.889. The summed E-state index contributed by atoms with van der Waals surface area (Å²) < 4.78 is 11.8. The van der Waals surface area contributed by atoms with Crippen molar-refractivity contribution in [2.45, 2.75) is 45.1 Å². The van der Waals surface area contributed by atoms with Gasteiger partial charge in [0.15, 0.2) is 0 Å².